The van der Waals surface area contributed by atoms with Crippen LogP contribution in [0.5, 0.6) is 0 Å². The number of halogens is 1. The number of nitrogens with two attached hydrogens (primary N) is 1. The molecule has 0 spiro atoms. The molecule has 2 aromatic rings. The monoisotopic (exact) mass is 362 g/mol. The van der Waals surface area contributed by atoms with Gasteiger partial charge in [0.25, 0.3) is 0 Å². The van der Waals surface area contributed by atoms with Crippen LogP contribution in [-0.4, -0.2) is 30.6 Å². The SMILES string of the molecule is CCOC(=O)c1c(N)sc(CN2CCCCC2)c1-c1ccc(F)cc1. The summed E-state index contributed by atoms with van der Waals surface area (Å²) in [5, 5.41) is 0.463. The Morgan fingerprint density at radius 3 is 2.56 bits per heavy atom. The first kappa shape index (κ1) is 17.9. The summed E-state index contributed by atoms with van der Waals surface area (Å²) in [7, 11) is 0. The van der Waals surface area contributed by atoms with Crippen LogP contribution in [-0.2, 0) is 11.3 Å². The summed E-state index contributed by atoms with van der Waals surface area (Å²) in [5.41, 5.74) is 8.16. The number of nitrogen functional groups attached to an aromatic ring is 1. The van der Waals surface area contributed by atoms with E-state index in [4.69, 9.17) is 10.5 Å². The molecule has 0 atom stereocenters. The van der Waals surface area contributed by atoms with Gasteiger partial charge in [0.15, 0.2) is 0 Å². The molecule has 0 saturated carbocycles. The Hall–Kier alpha value is -1.92. The van der Waals surface area contributed by atoms with Crippen LogP contribution in [0.1, 0.15) is 41.4 Å². The summed E-state index contributed by atoms with van der Waals surface area (Å²) in [4.78, 5) is 15.9. The smallest absolute Gasteiger partial charge is 0.341 e. The molecule has 6 heteroatoms. The third-order valence-corrected chi connectivity index (χ3v) is 5.44. The van der Waals surface area contributed by atoms with Crippen LogP contribution in [0.4, 0.5) is 9.39 Å². The lowest BCUT2D eigenvalue weighted by atomic mass is 10.0. The molecular formula is C19H23FN2O2S. The van der Waals surface area contributed by atoms with E-state index < -0.39 is 5.97 Å². The van der Waals surface area contributed by atoms with Crippen LogP contribution in [0, 0.1) is 5.82 Å². The zero-order valence-electron chi connectivity index (χ0n) is 14.4. The second-order valence-electron chi connectivity index (χ2n) is 6.20. The lowest BCUT2D eigenvalue weighted by Gasteiger charge is -2.26. The molecule has 25 heavy (non-hydrogen) atoms. The summed E-state index contributed by atoms with van der Waals surface area (Å²) in [6.07, 6.45) is 3.65. The number of anilines is 1. The van der Waals surface area contributed by atoms with E-state index in [1.165, 1.54) is 42.7 Å². The van der Waals surface area contributed by atoms with Crippen molar-refractivity contribution in [2.75, 3.05) is 25.4 Å². The third-order valence-electron chi connectivity index (χ3n) is 4.44. The molecule has 134 valence electrons. The molecule has 2 N–H and O–H groups in total. The average molecular weight is 362 g/mol. The lowest BCUT2D eigenvalue weighted by molar-refractivity contribution is 0.0529. The van der Waals surface area contributed by atoms with Crippen molar-refractivity contribution in [3.05, 3.63) is 40.5 Å². The molecule has 4 nitrogen and oxygen atoms in total. The fourth-order valence-electron chi connectivity index (χ4n) is 3.26. The van der Waals surface area contributed by atoms with Gasteiger partial charge in [-0.1, -0.05) is 18.6 Å². The van der Waals surface area contributed by atoms with Crippen molar-refractivity contribution >= 4 is 22.3 Å². The highest BCUT2D eigenvalue weighted by Gasteiger charge is 2.26. The van der Waals surface area contributed by atoms with Crippen LogP contribution in [0.15, 0.2) is 24.3 Å². The van der Waals surface area contributed by atoms with Crippen molar-refractivity contribution in [2.24, 2.45) is 0 Å². The summed E-state index contributed by atoms with van der Waals surface area (Å²) >= 11 is 1.43. The molecule has 1 aliphatic heterocycles. The quantitative estimate of drug-likeness (QED) is 0.806. The summed E-state index contributed by atoms with van der Waals surface area (Å²) in [6, 6.07) is 6.20. The molecular weight excluding hydrogens is 339 g/mol. The van der Waals surface area contributed by atoms with E-state index in [1.54, 1.807) is 19.1 Å². The number of hydrogen-bond donors (Lipinski definition) is 1. The fraction of sp³-hybridized carbons (Fsp3) is 0.421. The fourth-order valence-corrected chi connectivity index (χ4v) is 4.38. The minimum Gasteiger partial charge on any atom is -0.462 e. The maximum Gasteiger partial charge on any atom is 0.341 e. The molecule has 2 heterocycles. The Balaban J connectivity index is 2.02. The number of rotatable bonds is 5. The van der Waals surface area contributed by atoms with E-state index in [0.717, 1.165) is 35.6 Å². The van der Waals surface area contributed by atoms with Crippen molar-refractivity contribution in [2.45, 2.75) is 32.7 Å². The highest BCUT2D eigenvalue weighted by Crippen LogP contribution is 2.40. The minimum absolute atomic E-state index is 0.290. The van der Waals surface area contributed by atoms with Crippen LogP contribution < -0.4 is 5.73 Å². The number of ether oxygens (including phenoxy) is 1. The van der Waals surface area contributed by atoms with E-state index in [0.29, 0.717) is 17.2 Å². The van der Waals surface area contributed by atoms with E-state index in [9.17, 15) is 9.18 Å². The molecule has 1 aromatic carbocycles. The predicted molar refractivity (Wildman–Crippen MR) is 99.2 cm³/mol. The predicted octanol–water partition coefficient (Wildman–Crippen LogP) is 4.30. The Kier molecular flexibility index (Phi) is 5.71. The normalized spacial score (nSPS) is 15.3. The van der Waals surface area contributed by atoms with Crippen LogP contribution in [0.25, 0.3) is 11.1 Å². The lowest BCUT2D eigenvalue weighted by Crippen LogP contribution is -2.28. The number of nitrogens with zero attached hydrogens (tertiary/aromatic N) is 1. The molecule has 1 aromatic heterocycles. The maximum atomic E-state index is 13.3. The summed E-state index contributed by atoms with van der Waals surface area (Å²) < 4.78 is 18.5. The Morgan fingerprint density at radius 2 is 1.92 bits per heavy atom. The summed E-state index contributed by atoms with van der Waals surface area (Å²) in [5.74, 6) is -0.720. The number of carbonyl (C=O) groups excluding carboxylic acids is 1. The molecule has 0 bridgehead atoms. The topological polar surface area (TPSA) is 55.6 Å². The number of carbonyl (C=O) groups is 1. The highest BCUT2D eigenvalue weighted by molar-refractivity contribution is 7.17. The molecule has 0 unspecified atom stereocenters. The number of thiophene rings is 1. The van der Waals surface area contributed by atoms with Crippen molar-refractivity contribution in [1.82, 2.24) is 4.90 Å². The molecule has 0 aliphatic carbocycles. The van der Waals surface area contributed by atoms with Gasteiger partial charge in [0, 0.05) is 17.0 Å². The average Bonchev–Trinajstić information content (AvgIpc) is 2.92. The van der Waals surface area contributed by atoms with Gasteiger partial charge in [-0.15, -0.1) is 11.3 Å². The van der Waals surface area contributed by atoms with Gasteiger partial charge in [-0.25, -0.2) is 9.18 Å². The number of hydrogen-bond acceptors (Lipinski definition) is 5. The number of piperidine rings is 1. The zero-order chi connectivity index (χ0) is 17.8. The standard InChI is InChI=1S/C19H23FN2O2S/c1-2-24-19(23)17-16(13-6-8-14(20)9-7-13)15(25-18(17)21)12-22-10-4-3-5-11-22/h6-9H,2-5,10-12,21H2,1H3. The van der Waals surface area contributed by atoms with Gasteiger partial charge in [-0.3, -0.25) is 4.90 Å². The van der Waals surface area contributed by atoms with E-state index in [1.807, 2.05) is 0 Å². The molecule has 1 fully saturated rings. The largest absolute Gasteiger partial charge is 0.462 e. The highest BCUT2D eigenvalue weighted by atomic mass is 32.1. The Labute approximate surface area is 151 Å². The number of esters is 1. The Bertz CT molecular complexity index is 737. The first-order chi connectivity index (χ1) is 12.1. The van der Waals surface area contributed by atoms with Crippen LogP contribution >= 0.6 is 11.3 Å². The van der Waals surface area contributed by atoms with Gasteiger partial charge in [-0.05, 0) is 50.6 Å². The number of benzene rings is 1. The molecule has 0 amide bonds. The zero-order valence-corrected chi connectivity index (χ0v) is 15.2. The van der Waals surface area contributed by atoms with Gasteiger partial charge in [0.2, 0.25) is 0 Å². The van der Waals surface area contributed by atoms with Crippen LogP contribution in [0.3, 0.4) is 0 Å². The number of likely N-dealkylation sites (tertiary alicyclic amines) is 1. The molecule has 3 rings (SSSR count). The molecule has 1 saturated heterocycles. The molecule has 0 radical (unpaired) electrons. The van der Waals surface area contributed by atoms with Crippen LogP contribution in [0.2, 0.25) is 0 Å². The maximum absolute atomic E-state index is 13.3. The second-order valence-corrected chi connectivity index (χ2v) is 7.34. The van der Waals surface area contributed by atoms with Crippen molar-refractivity contribution in [3.8, 4) is 11.1 Å². The van der Waals surface area contributed by atoms with Gasteiger partial charge in [-0.2, -0.15) is 0 Å². The van der Waals surface area contributed by atoms with E-state index >= 15 is 0 Å². The second kappa shape index (κ2) is 7.97. The summed E-state index contributed by atoms with van der Waals surface area (Å²) in [6.45, 7) is 4.91. The van der Waals surface area contributed by atoms with E-state index in [2.05, 4.69) is 4.90 Å². The Morgan fingerprint density at radius 1 is 1.24 bits per heavy atom. The van der Waals surface area contributed by atoms with Gasteiger partial charge in [0.05, 0.1) is 6.61 Å². The minimum atomic E-state index is -0.416. The molecule has 1 aliphatic rings. The van der Waals surface area contributed by atoms with Crippen molar-refractivity contribution in [1.29, 1.82) is 0 Å². The van der Waals surface area contributed by atoms with Gasteiger partial charge >= 0.3 is 5.97 Å². The van der Waals surface area contributed by atoms with Crippen molar-refractivity contribution in [3.63, 3.8) is 0 Å². The first-order valence-electron chi connectivity index (χ1n) is 8.66. The van der Waals surface area contributed by atoms with Gasteiger partial charge in [0.1, 0.15) is 16.4 Å². The van der Waals surface area contributed by atoms with Crippen molar-refractivity contribution < 1.29 is 13.9 Å². The third kappa shape index (κ3) is 4.02. The van der Waals surface area contributed by atoms with Gasteiger partial charge < -0.3 is 10.5 Å². The van der Waals surface area contributed by atoms with E-state index in [-0.39, 0.29) is 5.82 Å². The first-order valence-corrected chi connectivity index (χ1v) is 9.48.